The molecule has 2 rings (SSSR count). The van der Waals surface area contributed by atoms with Gasteiger partial charge in [-0.05, 0) is 44.2 Å². The van der Waals surface area contributed by atoms with Gasteiger partial charge < -0.3 is 15.2 Å². The maximum atomic E-state index is 10.1. The third kappa shape index (κ3) is 5.33. The normalized spacial score (nSPS) is 19.2. The molecule has 118 valence electrons. The van der Waals surface area contributed by atoms with Crippen molar-refractivity contribution in [3.63, 3.8) is 0 Å². The summed E-state index contributed by atoms with van der Waals surface area (Å²) in [6.45, 7) is 5.20. The Hall–Kier alpha value is -1.06. The molecule has 2 atom stereocenters. The summed E-state index contributed by atoms with van der Waals surface area (Å²) in [7, 11) is 0. The van der Waals surface area contributed by atoms with Crippen LogP contribution in [0.2, 0.25) is 0 Å². The maximum Gasteiger partial charge on any atom is 0.122 e. The van der Waals surface area contributed by atoms with Crippen molar-refractivity contribution < 1.29 is 9.84 Å². The molecule has 1 fully saturated rings. The fourth-order valence-electron chi connectivity index (χ4n) is 3.09. The molecule has 1 aromatic carbocycles. The van der Waals surface area contributed by atoms with Crippen molar-refractivity contribution in [3.8, 4) is 5.75 Å². The maximum absolute atomic E-state index is 10.1. The molecule has 0 heterocycles. The molecule has 0 amide bonds. The van der Waals surface area contributed by atoms with Crippen LogP contribution in [0.4, 0.5) is 0 Å². The summed E-state index contributed by atoms with van der Waals surface area (Å²) in [6.07, 6.45) is 6.28. The van der Waals surface area contributed by atoms with Gasteiger partial charge in [0.05, 0.1) is 0 Å². The van der Waals surface area contributed by atoms with Gasteiger partial charge in [-0.1, -0.05) is 37.5 Å². The summed E-state index contributed by atoms with van der Waals surface area (Å²) in [4.78, 5) is 0. The highest BCUT2D eigenvalue weighted by atomic mass is 16.5. The molecule has 1 aromatic rings. The predicted molar refractivity (Wildman–Crippen MR) is 86.7 cm³/mol. The Morgan fingerprint density at radius 2 is 1.95 bits per heavy atom. The van der Waals surface area contributed by atoms with E-state index in [1.165, 1.54) is 32.1 Å². The van der Waals surface area contributed by atoms with E-state index in [1.807, 2.05) is 31.2 Å². The van der Waals surface area contributed by atoms with Crippen LogP contribution in [-0.4, -0.2) is 30.4 Å². The molecule has 2 N–H and O–H groups in total. The van der Waals surface area contributed by atoms with Crippen LogP contribution in [0.25, 0.3) is 0 Å². The third-order valence-corrected chi connectivity index (χ3v) is 4.56. The molecule has 1 aliphatic rings. The number of aliphatic hydroxyl groups excluding tert-OH is 1. The number of aliphatic hydroxyl groups is 1. The van der Waals surface area contributed by atoms with Gasteiger partial charge in [-0.25, -0.2) is 0 Å². The van der Waals surface area contributed by atoms with Gasteiger partial charge >= 0.3 is 0 Å². The summed E-state index contributed by atoms with van der Waals surface area (Å²) >= 11 is 0. The number of ether oxygens (including phenoxy) is 1. The van der Waals surface area contributed by atoms with E-state index in [9.17, 15) is 5.11 Å². The van der Waals surface area contributed by atoms with Crippen molar-refractivity contribution >= 4 is 0 Å². The Labute approximate surface area is 128 Å². The van der Waals surface area contributed by atoms with E-state index in [0.717, 1.165) is 17.2 Å². The van der Waals surface area contributed by atoms with Crippen molar-refractivity contribution in [2.24, 2.45) is 5.92 Å². The smallest absolute Gasteiger partial charge is 0.122 e. The average Bonchev–Trinajstić information content (AvgIpc) is 2.52. The highest BCUT2D eigenvalue weighted by Crippen LogP contribution is 2.26. The molecule has 1 unspecified atom stereocenters. The molecule has 3 nitrogen and oxygen atoms in total. The summed E-state index contributed by atoms with van der Waals surface area (Å²) < 4.78 is 5.69. The van der Waals surface area contributed by atoms with Crippen molar-refractivity contribution in [1.29, 1.82) is 0 Å². The van der Waals surface area contributed by atoms with Crippen LogP contribution < -0.4 is 10.1 Å². The van der Waals surface area contributed by atoms with E-state index >= 15 is 0 Å². The lowest BCUT2D eigenvalue weighted by Crippen LogP contribution is -2.40. The predicted octanol–water partition coefficient (Wildman–Crippen LogP) is 3.29. The molecule has 0 spiro atoms. The zero-order valence-corrected chi connectivity index (χ0v) is 13.3. The lowest BCUT2D eigenvalue weighted by molar-refractivity contribution is 0.0998. The highest BCUT2D eigenvalue weighted by Gasteiger charge is 2.20. The summed E-state index contributed by atoms with van der Waals surface area (Å²) in [6, 6.07) is 8.40. The highest BCUT2D eigenvalue weighted by molar-refractivity contribution is 5.31. The van der Waals surface area contributed by atoms with E-state index < -0.39 is 6.10 Å². The lowest BCUT2D eigenvalue weighted by Gasteiger charge is -2.29. The van der Waals surface area contributed by atoms with Gasteiger partial charge in [0.25, 0.3) is 0 Å². The fraction of sp³-hybridized carbons (Fsp3) is 0.667. The van der Waals surface area contributed by atoms with E-state index in [4.69, 9.17) is 4.74 Å². The Balaban J connectivity index is 1.67. The molecule has 1 aliphatic carbocycles. The van der Waals surface area contributed by atoms with Gasteiger partial charge in [0.1, 0.15) is 18.5 Å². The quantitative estimate of drug-likeness (QED) is 0.810. The van der Waals surface area contributed by atoms with E-state index in [0.29, 0.717) is 19.2 Å². The minimum atomic E-state index is -0.462. The van der Waals surface area contributed by atoms with E-state index in [1.54, 1.807) is 0 Å². The number of nitrogens with one attached hydrogen (secondary N) is 1. The van der Waals surface area contributed by atoms with E-state index in [-0.39, 0.29) is 0 Å². The number of aryl methyl sites for hydroxylation is 1. The first-order chi connectivity index (χ1) is 10.2. The topological polar surface area (TPSA) is 41.5 Å². The molecular weight excluding hydrogens is 262 g/mol. The molecule has 0 bridgehead atoms. The number of benzene rings is 1. The summed E-state index contributed by atoms with van der Waals surface area (Å²) in [5, 5.41) is 13.5. The fourth-order valence-corrected chi connectivity index (χ4v) is 3.09. The average molecular weight is 291 g/mol. The number of rotatable bonds is 7. The van der Waals surface area contributed by atoms with Crippen molar-refractivity contribution in [3.05, 3.63) is 29.8 Å². The number of para-hydroxylation sites is 1. The Morgan fingerprint density at radius 3 is 2.67 bits per heavy atom. The second-order valence-corrected chi connectivity index (χ2v) is 6.33. The van der Waals surface area contributed by atoms with Crippen LogP contribution in [0.1, 0.15) is 44.6 Å². The third-order valence-electron chi connectivity index (χ3n) is 4.56. The first-order valence-electron chi connectivity index (χ1n) is 8.26. The molecule has 0 radical (unpaired) electrons. The molecule has 21 heavy (non-hydrogen) atoms. The first kappa shape index (κ1) is 16.3. The van der Waals surface area contributed by atoms with Crippen LogP contribution in [0, 0.1) is 12.8 Å². The largest absolute Gasteiger partial charge is 0.491 e. The van der Waals surface area contributed by atoms with Crippen molar-refractivity contribution in [2.45, 2.75) is 58.1 Å². The van der Waals surface area contributed by atoms with Crippen LogP contribution >= 0.6 is 0 Å². The molecular formula is C18H29NO2. The number of hydrogen-bond acceptors (Lipinski definition) is 3. The number of hydrogen-bond donors (Lipinski definition) is 2. The molecule has 3 heteroatoms. The lowest BCUT2D eigenvalue weighted by atomic mass is 9.84. The van der Waals surface area contributed by atoms with Gasteiger partial charge in [0.15, 0.2) is 0 Å². The van der Waals surface area contributed by atoms with Gasteiger partial charge in [-0.2, -0.15) is 0 Å². The standard InChI is InChI=1S/C18H29NO2/c1-14-8-6-7-11-18(14)21-13-17(20)12-19-15(2)16-9-4-3-5-10-16/h6-8,11,15-17,19-20H,3-5,9-10,12-13H2,1-2H3/t15-,17?/m0/s1. The van der Waals surface area contributed by atoms with Crippen molar-refractivity contribution in [1.82, 2.24) is 5.32 Å². The Bertz CT molecular complexity index is 415. The molecule has 0 aromatic heterocycles. The second-order valence-electron chi connectivity index (χ2n) is 6.33. The van der Waals surface area contributed by atoms with Crippen LogP contribution in [0.15, 0.2) is 24.3 Å². The monoisotopic (exact) mass is 291 g/mol. The van der Waals surface area contributed by atoms with Crippen molar-refractivity contribution in [2.75, 3.05) is 13.2 Å². The second kappa shape index (κ2) is 8.40. The zero-order valence-electron chi connectivity index (χ0n) is 13.3. The van der Waals surface area contributed by atoms with Gasteiger partial charge in [0, 0.05) is 12.6 Å². The molecule has 1 saturated carbocycles. The minimum Gasteiger partial charge on any atom is -0.491 e. The zero-order chi connectivity index (χ0) is 15.1. The van der Waals surface area contributed by atoms with Crippen LogP contribution in [-0.2, 0) is 0 Å². The van der Waals surface area contributed by atoms with Gasteiger partial charge in [-0.3, -0.25) is 0 Å². The molecule has 0 aliphatic heterocycles. The van der Waals surface area contributed by atoms with Crippen LogP contribution in [0.5, 0.6) is 5.75 Å². The SMILES string of the molecule is Cc1ccccc1OCC(O)CN[C@@H](C)C1CCCCC1. The summed E-state index contributed by atoms with van der Waals surface area (Å²) in [5.41, 5.74) is 1.10. The minimum absolute atomic E-state index is 0.342. The van der Waals surface area contributed by atoms with E-state index in [2.05, 4.69) is 12.2 Å². The Kier molecular flexibility index (Phi) is 6.52. The molecule has 0 saturated heterocycles. The van der Waals surface area contributed by atoms with Gasteiger partial charge in [-0.15, -0.1) is 0 Å². The first-order valence-corrected chi connectivity index (χ1v) is 8.26. The Morgan fingerprint density at radius 1 is 1.24 bits per heavy atom. The summed E-state index contributed by atoms with van der Waals surface area (Å²) in [5.74, 6) is 1.63. The van der Waals surface area contributed by atoms with Gasteiger partial charge in [0.2, 0.25) is 0 Å². The van der Waals surface area contributed by atoms with Crippen LogP contribution in [0.3, 0.4) is 0 Å².